The molecule has 0 atom stereocenters. The van der Waals surface area contributed by atoms with Gasteiger partial charge in [-0.15, -0.1) is 0 Å². The molecule has 6 nitrogen and oxygen atoms in total. The van der Waals surface area contributed by atoms with E-state index in [4.69, 9.17) is 13.9 Å². The SMILES string of the molecule is COc1ccc(CCN(Cc2ccc(C)o2)C(=O)CNCCC(C)C)cc1OC. The Morgan fingerprint density at radius 1 is 1.14 bits per heavy atom. The molecule has 1 N–H and O–H groups in total. The zero-order chi connectivity index (χ0) is 21.2. The summed E-state index contributed by atoms with van der Waals surface area (Å²) in [7, 11) is 3.25. The van der Waals surface area contributed by atoms with Gasteiger partial charge >= 0.3 is 0 Å². The Hall–Kier alpha value is -2.47. The van der Waals surface area contributed by atoms with Gasteiger partial charge in [-0.05, 0) is 62.1 Å². The molecule has 1 amide bonds. The Kier molecular flexibility index (Phi) is 9.06. The molecule has 6 heteroatoms. The lowest BCUT2D eigenvalue weighted by Gasteiger charge is -2.22. The zero-order valence-electron chi connectivity index (χ0n) is 18.3. The first kappa shape index (κ1) is 22.8. The lowest BCUT2D eigenvalue weighted by Crippen LogP contribution is -2.39. The normalized spacial score (nSPS) is 11.0. The largest absolute Gasteiger partial charge is 0.493 e. The van der Waals surface area contributed by atoms with Crippen molar-refractivity contribution in [1.82, 2.24) is 10.2 Å². The predicted molar refractivity (Wildman–Crippen MR) is 114 cm³/mol. The van der Waals surface area contributed by atoms with Gasteiger partial charge in [0.2, 0.25) is 5.91 Å². The lowest BCUT2D eigenvalue weighted by atomic mass is 10.1. The summed E-state index contributed by atoms with van der Waals surface area (Å²) in [5, 5.41) is 3.26. The number of carbonyl (C=O) groups is 1. The van der Waals surface area contributed by atoms with Crippen molar-refractivity contribution in [1.29, 1.82) is 0 Å². The van der Waals surface area contributed by atoms with Crippen molar-refractivity contribution in [2.75, 3.05) is 33.9 Å². The quantitative estimate of drug-likeness (QED) is 0.547. The fourth-order valence-electron chi connectivity index (χ4n) is 3.05. The zero-order valence-corrected chi connectivity index (χ0v) is 18.3. The minimum absolute atomic E-state index is 0.0725. The van der Waals surface area contributed by atoms with Crippen molar-refractivity contribution in [3.05, 3.63) is 47.4 Å². The second kappa shape index (κ2) is 11.5. The van der Waals surface area contributed by atoms with Gasteiger partial charge in [-0.3, -0.25) is 4.79 Å². The van der Waals surface area contributed by atoms with E-state index in [9.17, 15) is 4.79 Å². The first-order valence-electron chi connectivity index (χ1n) is 10.2. The highest BCUT2D eigenvalue weighted by Gasteiger charge is 2.16. The highest BCUT2D eigenvalue weighted by Crippen LogP contribution is 2.27. The minimum atomic E-state index is 0.0725. The van der Waals surface area contributed by atoms with Crippen molar-refractivity contribution in [2.45, 2.75) is 40.2 Å². The number of nitrogens with zero attached hydrogens (tertiary/aromatic N) is 1. The Balaban J connectivity index is 2.01. The molecule has 0 spiro atoms. The van der Waals surface area contributed by atoms with Crippen molar-refractivity contribution < 1.29 is 18.7 Å². The van der Waals surface area contributed by atoms with Crippen LogP contribution >= 0.6 is 0 Å². The number of furan rings is 1. The van der Waals surface area contributed by atoms with Gasteiger partial charge in [0, 0.05) is 6.54 Å². The highest BCUT2D eigenvalue weighted by molar-refractivity contribution is 5.78. The molecule has 160 valence electrons. The fourth-order valence-corrected chi connectivity index (χ4v) is 3.05. The van der Waals surface area contributed by atoms with Crippen LogP contribution in [0.15, 0.2) is 34.7 Å². The van der Waals surface area contributed by atoms with E-state index in [2.05, 4.69) is 19.2 Å². The van der Waals surface area contributed by atoms with Gasteiger partial charge < -0.3 is 24.1 Å². The summed E-state index contributed by atoms with van der Waals surface area (Å²) in [6, 6.07) is 9.70. The average molecular weight is 403 g/mol. The van der Waals surface area contributed by atoms with Gasteiger partial charge in [-0.25, -0.2) is 0 Å². The molecule has 1 aromatic carbocycles. The first-order chi connectivity index (χ1) is 13.9. The second-order valence-electron chi connectivity index (χ2n) is 7.63. The fraction of sp³-hybridized carbons (Fsp3) is 0.522. The Labute approximate surface area is 174 Å². The molecule has 0 aliphatic carbocycles. The number of nitrogens with one attached hydrogen (secondary N) is 1. The third-order valence-corrected chi connectivity index (χ3v) is 4.79. The van der Waals surface area contributed by atoms with E-state index in [0.717, 1.165) is 36.5 Å². The molecule has 1 aromatic heterocycles. The van der Waals surface area contributed by atoms with Crippen molar-refractivity contribution in [3.63, 3.8) is 0 Å². The molecule has 0 saturated heterocycles. The number of hydrogen-bond acceptors (Lipinski definition) is 5. The molecule has 0 aliphatic rings. The van der Waals surface area contributed by atoms with Crippen LogP contribution in [-0.2, 0) is 17.8 Å². The van der Waals surface area contributed by atoms with Crippen LogP contribution in [0.4, 0.5) is 0 Å². The smallest absolute Gasteiger partial charge is 0.236 e. The van der Waals surface area contributed by atoms with Gasteiger partial charge in [-0.1, -0.05) is 19.9 Å². The lowest BCUT2D eigenvalue weighted by molar-refractivity contribution is -0.131. The van der Waals surface area contributed by atoms with Crippen LogP contribution in [0.5, 0.6) is 11.5 Å². The van der Waals surface area contributed by atoms with Crippen LogP contribution in [0.2, 0.25) is 0 Å². The van der Waals surface area contributed by atoms with Crippen molar-refractivity contribution >= 4 is 5.91 Å². The van der Waals surface area contributed by atoms with E-state index in [1.54, 1.807) is 14.2 Å². The van der Waals surface area contributed by atoms with Crippen molar-refractivity contribution in [3.8, 4) is 11.5 Å². The summed E-state index contributed by atoms with van der Waals surface area (Å²) in [5.41, 5.74) is 1.09. The molecule has 0 aliphatic heterocycles. The van der Waals surface area contributed by atoms with Crippen LogP contribution in [0.3, 0.4) is 0 Å². The monoisotopic (exact) mass is 402 g/mol. The summed E-state index contributed by atoms with van der Waals surface area (Å²) < 4.78 is 16.4. The number of carbonyl (C=O) groups excluding carboxylic acids is 1. The number of aryl methyl sites for hydroxylation is 1. The molecule has 0 bridgehead atoms. The van der Waals surface area contributed by atoms with Gasteiger partial charge in [0.25, 0.3) is 0 Å². The highest BCUT2D eigenvalue weighted by atomic mass is 16.5. The molecule has 0 fully saturated rings. The molecule has 0 radical (unpaired) electrons. The summed E-state index contributed by atoms with van der Waals surface area (Å²) in [6.45, 7) is 8.50. The molecule has 2 rings (SSSR count). The van der Waals surface area contributed by atoms with E-state index in [-0.39, 0.29) is 5.91 Å². The topological polar surface area (TPSA) is 63.9 Å². The summed E-state index contributed by atoms with van der Waals surface area (Å²) in [4.78, 5) is 14.7. The summed E-state index contributed by atoms with van der Waals surface area (Å²) in [6.07, 6.45) is 1.77. The summed E-state index contributed by atoms with van der Waals surface area (Å²) in [5.74, 6) is 3.73. The number of hydrogen-bond donors (Lipinski definition) is 1. The number of methoxy groups -OCH3 is 2. The van der Waals surface area contributed by atoms with E-state index in [0.29, 0.717) is 37.1 Å². The van der Waals surface area contributed by atoms with Crippen LogP contribution in [0, 0.1) is 12.8 Å². The van der Waals surface area contributed by atoms with Crippen LogP contribution in [0.1, 0.15) is 37.4 Å². The molecular weight excluding hydrogens is 368 g/mol. The average Bonchev–Trinajstić information content (AvgIpc) is 3.12. The number of ether oxygens (including phenoxy) is 2. The van der Waals surface area contributed by atoms with Gasteiger partial charge in [-0.2, -0.15) is 0 Å². The van der Waals surface area contributed by atoms with Gasteiger partial charge in [0.05, 0.1) is 27.3 Å². The number of rotatable bonds is 12. The first-order valence-corrected chi connectivity index (χ1v) is 10.2. The predicted octanol–water partition coefficient (Wildman–Crippen LogP) is 3.81. The number of benzene rings is 1. The van der Waals surface area contributed by atoms with Crippen LogP contribution in [-0.4, -0.2) is 44.7 Å². The Morgan fingerprint density at radius 2 is 1.90 bits per heavy atom. The third-order valence-electron chi connectivity index (χ3n) is 4.79. The standard InChI is InChI=1S/C23H34N2O4/c1-17(2)10-12-24-15-23(26)25(16-20-8-6-18(3)29-20)13-11-19-7-9-21(27-4)22(14-19)28-5/h6-9,14,17,24H,10-13,15-16H2,1-5H3. The Morgan fingerprint density at radius 3 is 2.52 bits per heavy atom. The molecular formula is C23H34N2O4. The minimum Gasteiger partial charge on any atom is -0.493 e. The van der Waals surface area contributed by atoms with E-state index in [1.165, 1.54) is 0 Å². The van der Waals surface area contributed by atoms with E-state index < -0.39 is 0 Å². The number of amides is 1. The molecule has 1 heterocycles. The van der Waals surface area contributed by atoms with Crippen molar-refractivity contribution in [2.24, 2.45) is 5.92 Å². The van der Waals surface area contributed by atoms with Gasteiger partial charge in [0.15, 0.2) is 11.5 Å². The molecule has 2 aromatic rings. The maximum atomic E-state index is 12.8. The van der Waals surface area contributed by atoms with E-state index in [1.807, 2.05) is 42.2 Å². The third kappa shape index (κ3) is 7.46. The molecule has 29 heavy (non-hydrogen) atoms. The maximum absolute atomic E-state index is 12.8. The Bertz CT molecular complexity index is 770. The molecule has 0 saturated carbocycles. The van der Waals surface area contributed by atoms with Gasteiger partial charge in [0.1, 0.15) is 11.5 Å². The van der Waals surface area contributed by atoms with Crippen LogP contribution in [0.25, 0.3) is 0 Å². The summed E-state index contributed by atoms with van der Waals surface area (Å²) >= 11 is 0. The molecule has 0 unspecified atom stereocenters. The van der Waals surface area contributed by atoms with E-state index >= 15 is 0 Å². The van der Waals surface area contributed by atoms with Crippen LogP contribution < -0.4 is 14.8 Å². The maximum Gasteiger partial charge on any atom is 0.236 e. The second-order valence-corrected chi connectivity index (χ2v) is 7.63.